The second kappa shape index (κ2) is 15.1. The smallest absolute Gasteiger partial charge is 0.305 e. The monoisotopic (exact) mass is 516 g/mol. The van der Waals surface area contributed by atoms with Crippen molar-refractivity contribution in [2.75, 3.05) is 19.0 Å². The summed E-state index contributed by atoms with van der Waals surface area (Å²) in [6.45, 7) is 0.0380. The van der Waals surface area contributed by atoms with Crippen LogP contribution in [0.25, 0.3) is 0 Å². The van der Waals surface area contributed by atoms with Crippen LogP contribution in [0.1, 0.15) is 69.8 Å². The van der Waals surface area contributed by atoms with Crippen LogP contribution in [0, 0.1) is 5.92 Å². The van der Waals surface area contributed by atoms with Gasteiger partial charge in [0, 0.05) is 24.3 Å². The molecule has 1 aromatic carbocycles. The summed E-state index contributed by atoms with van der Waals surface area (Å²) in [4.78, 5) is 38.4. The van der Waals surface area contributed by atoms with Crippen molar-refractivity contribution >= 4 is 29.5 Å². The van der Waals surface area contributed by atoms with Gasteiger partial charge in [0.15, 0.2) is 0 Å². The van der Waals surface area contributed by atoms with Crippen LogP contribution in [0.5, 0.6) is 0 Å². The summed E-state index contributed by atoms with van der Waals surface area (Å²) in [5.74, 6) is 0.193. The molecule has 2 amide bonds. The predicted molar refractivity (Wildman–Crippen MR) is 142 cm³/mol. The van der Waals surface area contributed by atoms with Crippen molar-refractivity contribution in [1.29, 1.82) is 0 Å². The van der Waals surface area contributed by atoms with Gasteiger partial charge < -0.3 is 20.5 Å². The fourth-order valence-corrected chi connectivity index (χ4v) is 5.76. The van der Waals surface area contributed by atoms with E-state index in [-0.39, 0.29) is 43.5 Å². The van der Waals surface area contributed by atoms with E-state index in [9.17, 15) is 19.5 Å². The largest absolute Gasteiger partial charge is 0.463 e. The highest BCUT2D eigenvalue weighted by molar-refractivity contribution is 7.98. The number of carbonyl (C=O) groups is 3. The lowest BCUT2D eigenvalue weighted by molar-refractivity contribution is -0.145. The third kappa shape index (κ3) is 9.62. The minimum Gasteiger partial charge on any atom is -0.463 e. The quantitative estimate of drug-likeness (QED) is 0.358. The maximum Gasteiger partial charge on any atom is 0.305 e. The van der Waals surface area contributed by atoms with E-state index in [0.29, 0.717) is 18.6 Å². The molecule has 198 valence electrons. The summed E-state index contributed by atoms with van der Waals surface area (Å²) < 4.78 is 5.49. The van der Waals surface area contributed by atoms with Crippen LogP contribution >= 0.6 is 11.8 Å². The van der Waals surface area contributed by atoms with Crippen molar-refractivity contribution in [1.82, 2.24) is 10.6 Å². The van der Waals surface area contributed by atoms with Crippen LogP contribution in [-0.4, -0.2) is 53.4 Å². The molecule has 0 radical (unpaired) electrons. The van der Waals surface area contributed by atoms with E-state index in [0.717, 1.165) is 50.7 Å². The number of amides is 2. The molecule has 3 N–H and O–H groups in total. The first-order chi connectivity index (χ1) is 17.5. The Morgan fingerprint density at radius 2 is 1.89 bits per heavy atom. The number of hydrogen-bond acceptors (Lipinski definition) is 6. The van der Waals surface area contributed by atoms with E-state index >= 15 is 0 Å². The molecule has 1 heterocycles. The van der Waals surface area contributed by atoms with E-state index in [1.165, 1.54) is 5.56 Å². The number of allylic oxidation sites excluding steroid dienone is 2. The summed E-state index contributed by atoms with van der Waals surface area (Å²) in [6.07, 6.45) is 10.8. The number of carbonyl (C=O) groups excluding carboxylic acids is 3. The second-order valence-corrected chi connectivity index (χ2v) is 11.0. The van der Waals surface area contributed by atoms with E-state index in [4.69, 9.17) is 4.74 Å². The number of ether oxygens (including phenoxy) is 1. The van der Waals surface area contributed by atoms with E-state index < -0.39 is 11.5 Å². The van der Waals surface area contributed by atoms with Crippen LogP contribution < -0.4 is 10.6 Å². The first kappa shape index (κ1) is 28.3. The van der Waals surface area contributed by atoms with Crippen molar-refractivity contribution in [2.24, 2.45) is 5.92 Å². The van der Waals surface area contributed by atoms with Gasteiger partial charge >= 0.3 is 5.97 Å². The fourth-order valence-electron chi connectivity index (χ4n) is 4.75. The third-order valence-electron chi connectivity index (χ3n) is 6.88. The minimum absolute atomic E-state index is 0.0571. The molecule has 0 saturated heterocycles. The zero-order valence-corrected chi connectivity index (χ0v) is 21.9. The number of cyclic esters (lactones) is 1. The van der Waals surface area contributed by atoms with Crippen LogP contribution in [-0.2, 0) is 24.9 Å². The summed E-state index contributed by atoms with van der Waals surface area (Å²) in [5.41, 5.74) is 0.631. The van der Waals surface area contributed by atoms with Gasteiger partial charge in [-0.1, -0.05) is 55.3 Å². The molecule has 1 aliphatic carbocycles. The average molecular weight is 517 g/mol. The van der Waals surface area contributed by atoms with Gasteiger partial charge in [0.1, 0.15) is 6.61 Å². The molecule has 1 fully saturated rings. The Kier molecular flexibility index (Phi) is 11.8. The molecule has 8 heteroatoms. The lowest BCUT2D eigenvalue weighted by Crippen LogP contribution is -2.50. The summed E-state index contributed by atoms with van der Waals surface area (Å²) >= 11 is 1.67. The van der Waals surface area contributed by atoms with Gasteiger partial charge in [-0.3, -0.25) is 14.4 Å². The molecular formula is C28H40N2O5S. The van der Waals surface area contributed by atoms with Gasteiger partial charge in [-0.15, -0.1) is 0 Å². The molecule has 1 aliphatic heterocycles. The number of esters is 1. The molecule has 2 atom stereocenters. The van der Waals surface area contributed by atoms with Crippen molar-refractivity contribution in [2.45, 2.75) is 81.5 Å². The number of benzene rings is 1. The second-order valence-electron chi connectivity index (χ2n) is 9.94. The molecule has 0 spiro atoms. The highest BCUT2D eigenvalue weighted by atomic mass is 32.2. The molecule has 36 heavy (non-hydrogen) atoms. The van der Waals surface area contributed by atoms with Crippen molar-refractivity contribution in [3.63, 3.8) is 0 Å². The van der Waals surface area contributed by atoms with E-state index in [1.807, 2.05) is 30.4 Å². The summed E-state index contributed by atoms with van der Waals surface area (Å²) in [6, 6.07) is 9.75. The van der Waals surface area contributed by atoms with E-state index in [2.05, 4.69) is 22.8 Å². The number of nitrogens with one attached hydrogen (secondary N) is 2. The Hall–Kier alpha value is -2.32. The molecule has 0 aromatic heterocycles. The molecule has 3 rings (SSSR count). The molecule has 1 aromatic rings. The van der Waals surface area contributed by atoms with Gasteiger partial charge in [-0.2, -0.15) is 11.8 Å². The predicted octanol–water partition coefficient (Wildman–Crippen LogP) is 3.90. The van der Waals surface area contributed by atoms with Crippen LogP contribution in [0.2, 0.25) is 0 Å². The Bertz CT molecular complexity index is 870. The molecule has 0 bridgehead atoms. The fraction of sp³-hybridized carbons (Fsp3) is 0.607. The molecule has 7 nitrogen and oxygen atoms in total. The number of thioether (sulfide) groups is 1. The number of aliphatic hydroxyl groups excluding tert-OH is 1. The normalized spacial score (nSPS) is 23.4. The van der Waals surface area contributed by atoms with Crippen molar-refractivity contribution in [3.05, 3.63) is 48.0 Å². The highest BCUT2D eigenvalue weighted by Crippen LogP contribution is 2.29. The van der Waals surface area contributed by atoms with Crippen LogP contribution in [0.4, 0.5) is 0 Å². The van der Waals surface area contributed by atoms with E-state index in [1.54, 1.807) is 11.8 Å². The SMILES string of the molecule is O=C(CC1CC=CCCCCC(=O)OCC(CSCc2ccccc2)NC1=O)NC1(CO)CCCC1. The first-order valence-corrected chi connectivity index (χ1v) is 14.3. The minimum atomic E-state index is -0.560. The van der Waals surface area contributed by atoms with Gasteiger partial charge in [0.2, 0.25) is 11.8 Å². The molecule has 1 saturated carbocycles. The van der Waals surface area contributed by atoms with Gasteiger partial charge in [-0.05, 0) is 44.1 Å². The van der Waals surface area contributed by atoms with Crippen LogP contribution in [0.3, 0.4) is 0 Å². The summed E-state index contributed by atoms with van der Waals surface area (Å²) in [7, 11) is 0. The average Bonchev–Trinajstić information content (AvgIpc) is 3.34. The zero-order chi connectivity index (χ0) is 25.6. The summed E-state index contributed by atoms with van der Waals surface area (Å²) in [5, 5.41) is 15.9. The van der Waals surface area contributed by atoms with Gasteiger partial charge in [0.25, 0.3) is 0 Å². The Labute approximate surface area is 218 Å². The molecule has 2 unspecified atom stereocenters. The topological polar surface area (TPSA) is 105 Å². The number of rotatable bonds is 8. The third-order valence-corrected chi connectivity index (χ3v) is 8.06. The standard InChI is InChI=1S/C28H40N2O5S/c31-21-28(15-9-10-16-28)30-25(32)17-23-13-7-2-1-3-8-14-26(33)35-18-24(29-27(23)34)20-36-19-22-11-5-4-6-12-22/h2,4-7,11-12,23-24,31H,1,3,8-10,13-21H2,(H,29,34)(H,30,32). The zero-order valence-electron chi connectivity index (χ0n) is 21.1. The number of aliphatic hydroxyl groups is 1. The van der Waals surface area contributed by atoms with Gasteiger partial charge in [-0.25, -0.2) is 0 Å². The van der Waals surface area contributed by atoms with Crippen molar-refractivity contribution < 1.29 is 24.2 Å². The Morgan fingerprint density at radius 3 is 2.64 bits per heavy atom. The van der Waals surface area contributed by atoms with Gasteiger partial charge in [0.05, 0.1) is 24.1 Å². The lowest BCUT2D eigenvalue weighted by atomic mass is 9.95. The highest BCUT2D eigenvalue weighted by Gasteiger charge is 2.35. The van der Waals surface area contributed by atoms with Crippen molar-refractivity contribution in [3.8, 4) is 0 Å². The maximum atomic E-state index is 13.3. The maximum absolute atomic E-state index is 13.3. The molecule has 2 aliphatic rings. The lowest BCUT2D eigenvalue weighted by Gasteiger charge is -2.29. The molecular weight excluding hydrogens is 476 g/mol. The number of hydrogen-bond donors (Lipinski definition) is 3. The van der Waals surface area contributed by atoms with Crippen LogP contribution in [0.15, 0.2) is 42.5 Å². The Morgan fingerprint density at radius 1 is 1.11 bits per heavy atom. The Balaban J connectivity index is 1.64. The first-order valence-electron chi connectivity index (χ1n) is 13.1.